The Morgan fingerprint density at radius 1 is 1.29 bits per heavy atom. The van der Waals surface area contributed by atoms with Crippen LogP contribution in [0.5, 0.6) is 0 Å². The van der Waals surface area contributed by atoms with Gasteiger partial charge < -0.3 is 15.0 Å². The third-order valence-electron chi connectivity index (χ3n) is 4.75. The van der Waals surface area contributed by atoms with Gasteiger partial charge in [0.15, 0.2) is 0 Å². The predicted molar refractivity (Wildman–Crippen MR) is 96.9 cm³/mol. The molecule has 24 heavy (non-hydrogen) atoms. The molecule has 1 fully saturated rings. The lowest BCUT2D eigenvalue weighted by Crippen LogP contribution is -2.33. The molecule has 1 unspecified atom stereocenters. The van der Waals surface area contributed by atoms with Gasteiger partial charge in [-0.05, 0) is 43.0 Å². The number of fused-ring (bicyclic) bond motifs is 1. The molecular formula is C19H22N2O2S. The van der Waals surface area contributed by atoms with E-state index in [1.54, 1.807) is 11.3 Å². The van der Waals surface area contributed by atoms with E-state index >= 15 is 0 Å². The highest BCUT2D eigenvalue weighted by Crippen LogP contribution is 2.33. The fourth-order valence-electron chi connectivity index (χ4n) is 3.48. The Kier molecular flexibility index (Phi) is 4.54. The van der Waals surface area contributed by atoms with E-state index in [9.17, 15) is 4.79 Å². The van der Waals surface area contributed by atoms with Gasteiger partial charge in [-0.25, -0.2) is 0 Å². The first-order valence-corrected chi connectivity index (χ1v) is 9.45. The molecule has 0 spiro atoms. The zero-order chi connectivity index (χ0) is 16.4. The molecule has 1 amide bonds. The summed E-state index contributed by atoms with van der Waals surface area (Å²) in [5.74, 6) is 0.0247. The van der Waals surface area contributed by atoms with Crippen LogP contribution in [0.2, 0.25) is 0 Å². The molecular weight excluding hydrogens is 320 g/mol. The zero-order valence-corrected chi connectivity index (χ0v) is 14.5. The molecule has 1 saturated heterocycles. The highest BCUT2D eigenvalue weighted by atomic mass is 32.1. The largest absolute Gasteiger partial charge is 0.373 e. The number of benzene rings is 1. The average Bonchev–Trinajstić information content (AvgIpc) is 3.35. The van der Waals surface area contributed by atoms with Gasteiger partial charge in [0.25, 0.3) is 5.91 Å². The second kappa shape index (κ2) is 6.95. The molecule has 3 heterocycles. The Balaban J connectivity index is 1.29. The van der Waals surface area contributed by atoms with Crippen molar-refractivity contribution in [2.45, 2.75) is 25.4 Å². The van der Waals surface area contributed by atoms with Gasteiger partial charge in [0.1, 0.15) is 0 Å². The molecule has 5 heteroatoms. The third kappa shape index (κ3) is 3.19. The summed E-state index contributed by atoms with van der Waals surface area (Å²) >= 11 is 1.56. The SMILES string of the molecule is O=C(NCCN1CCc2ccccc21)c1ccc(C2CCCO2)s1. The Morgan fingerprint density at radius 2 is 2.21 bits per heavy atom. The molecule has 0 radical (unpaired) electrons. The first kappa shape index (κ1) is 15.7. The van der Waals surface area contributed by atoms with Crippen molar-refractivity contribution in [3.05, 3.63) is 51.7 Å². The van der Waals surface area contributed by atoms with Crippen LogP contribution in [0.25, 0.3) is 0 Å². The van der Waals surface area contributed by atoms with E-state index < -0.39 is 0 Å². The van der Waals surface area contributed by atoms with Crippen molar-refractivity contribution in [2.24, 2.45) is 0 Å². The van der Waals surface area contributed by atoms with Crippen LogP contribution in [0.4, 0.5) is 5.69 Å². The molecule has 1 N–H and O–H groups in total. The summed E-state index contributed by atoms with van der Waals surface area (Å²) in [6.45, 7) is 3.39. The van der Waals surface area contributed by atoms with Crippen molar-refractivity contribution < 1.29 is 9.53 Å². The number of carbonyl (C=O) groups excluding carboxylic acids is 1. The lowest BCUT2D eigenvalue weighted by molar-refractivity contribution is 0.0958. The van der Waals surface area contributed by atoms with Crippen LogP contribution in [0.15, 0.2) is 36.4 Å². The van der Waals surface area contributed by atoms with Gasteiger partial charge in [-0.1, -0.05) is 18.2 Å². The van der Waals surface area contributed by atoms with Crippen molar-refractivity contribution in [3.8, 4) is 0 Å². The smallest absolute Gasteiger partial charge is 0.261 e. The number of anilines is 1. The quantitative estimate of drug-likeness (QED) is 0.905. The summed E-state index contributed by atoms with van der Waals surface area (Å²) in [5, 5.41) is 3.05. The molecule has 1 aromatic heterocycles. The fourth-order valence-corrected chi connectivity index (χ4v) is 4.49. The van der Waals surface area contributed by atoms with Gasteiger partial charge in [0.05, 0.1) is 11.0 Å². The monoisotopic (exact) mass is 342 g/mol. The van der Waals surface area contributed by atoms with Gasteiger partial charge in [0.2, 0.25) is 0 Å². The Bertz CT molecular complexity index is 722. The summed E-state index contributed by atoms with van der Waals surface area (Å²) in [4.78, 5) is 16.6. The van der Waals surface area contributed by atoms with Crippen LogP contribution in [-0.4, -0.2) is 32.1 Å². The molecule has 0 saturated carbocycles. The van der Waals surface area contributed by atoms with Crippen LogP contribution in [0.3, 0.4) is 0 Å². The zero-order valence-electron chi connectivity index (χ0n) is 13.7. The summed E-state index contributed by atoms with van der Waals surface area (Å²) in [6, 6.07) is 12.5. The number of amides is 1. The number of thiophene rings is 1. The molecule has 2 aliphatic heterocycles. The number of nitrogens with one attached hydrogen (secondary N) is 1. The second-order valence-electron chi connectivity index (χ2n) is 6.33. The van der Waals surface area contributed by atoms with E-state index in [4.69, 9.17) is 4.74 Å². The number of hydrogen-bond acceptors (Lipinski definition) is 4. The maximum Gasteiger partial charge on any atom is 0.261 e. The van der Waals surface area contributed by atoms with Crippen molar-refractivity contribution in [2.75, 3.05) is 31.1 Å². The fraction of sp³-hybridized carbons (Fsp3) is 0.421. The van der Waals surface area contributed by atoms with Gasteiger partial charge >= 0.3 is 0 Å². The topological polar surface area (TPSA) is 41.6 Å². The molecule has 0 aliphatic carbocycles. The molecule has 1 aromatic carbocycles. The van der Waals surface area contributed by atoms with E-state index in [2.05, 4.69) is 34.5 Å². The van der Waals surface area contributed by atoms with E-state index in [1.807, 2.05) is 12.1 Å². The second-order valence-corrected chi connectivity index (χ2v) is 7.44. The summed E-state index contributed by atoms with van der Waals surface area (Å²) in [6.07, 6.45) is 3.47. The van der Waals surface area contributed by atoms with E-state index in [0.29, 0.717) is 6.54 Å². The van der Waals surface area contributed by atoms with Crippen LogP contribution < -0.4 is 10.2 Å². The summed E-state index contributed by atoms with van der Waals surface area (Å²) < 4.78 is 5.69. The van der Waals surface area contributed by atoms with E-state index in [0.717, 1.165) is 43.8 Å². The van der Waals surface area contributed by atoms with E-state index in [1.165, 1.54) is 16.1 Å². The molecule has 2 aliphatic rings. The maximum absolute atomic E-state index is 12.3. The molecule has 1 atom stereocenters. The Hall–Kier alpha value is -1.85. The number of rotatable bonds is 5. The average molecular weight is 342 g/mol. The van der Waals surface area contributed by atoms with Gasteiger partial charge in [0, 0.05) is 36.8 Å². The molecule has 0 bridgehead atoms. The minimum absolute atomic E-state index is 0.0247. The highest BCUT2D eigenvalue weighted by Gasteiger charge is 2.21. The van der Waals surface area contributed by atoms with E-state index in [-0.39, 0.29) is 12.0 Å². The number of carbonyl (C=O) groups is 1. The highest BCUT2D eigenvalue weighted by molar-refractivity contribution is 7.14. The van der Waals surface area contributed by atoms with Crippen molar-refractivity contribution in [3.63, 3.8) is 0 Å². The standard InChI is InChI=1S/C19H22N2O2S/c22-19(18-8-7-17(24-18)16-6-3-13-23-16)20-10-12-21-11-9-14-4-1-2-5-15(14)21/h1-2,4-5,7-8,16H,3,6,9-13H2,(H,20,22). The minimum Gasteiger partial charge on any atom is -0.373 e. The number of nitrogens with zero attached hydrogens (tertiary/aromatic N) is 1. The lowest BCUT2D eigenvalue weighted by Gasteiger charge is -2.19. The Labute approximate surface area is 146 Å². The molecule has 2 aromatic rings. The summed E-state index contributed by atoms with van der Waals surface area (Å²) in [5.41, 5.74) is 2.71. The van der Waals surface area contributed by atoms with Gasteiger partial charge in [-0.3, -0.25) is 4.79 Å². The first-order chi connectivity index (χ1) is 11.8. The number of hydrogen-bond donors (Lipinski definition) is 1. The van der Waals surface area contributed by atoms with Crippen LogP contribution >= 0.6 is 11.3 Å². The van der Waals surface area contributed by atoms with Crippen LogP contribution in [0, 0.1) is 0 Å². The molecule has 4 rings (SSSR count). The third-order valence-corrected chi connectivity index (χ3v) is 5.92. The van der Waals surface area contributed by atoms with Gasteiger partial charge in [-0.15, -0.1) is 11.3 Å². The Morgan fingerprint density at radius 3 is 3.08 bits per heavy atom. The molecule has 126 valence electrons. The van der Waals surface area contributed by atoms with Crippen LogP contribution in [0.1, 0.15) is 39.1 Å². The lowest BCUT2D eigenvalue weighted by atomic mass is 10.2. The normalized spacial score (nSPS) is 19.5. The van der Waals surface area contributed by atoms with Gasteiger partial charge in [-0.2, -0.15) is 0 Å². The predicted octanol–water partition coefficient (Wildman–Crippen LogP) is 3.39. The van der Waals surface area contributed by atoms with Crippen molar-refractivity contribution in [1.82, 2.24) is 5.32 Å². The summed E-state index contributed by atoms with van der Waals surface area (Å²) in [7, 11) is 0. The van der Waals surface area contributed by atoms with Crippen molar-refractivity contribution in [1.29, 1.82) is 0 Å². The van der Waals surface area contributed by atoms with Crippen molar-refractivity contribution >= 4 is 22.9 Å². The number of ether oxygens (including phenoxy) is 1. The first-order valence-electron chi connectivity index (χ1n) is 8.63. The van der Waals surface area contributed by atoms with Crippen LogP contribution in [-0.2, 0) is 11.2 Å². The number of para-hydroxylation sites is 1. The maximum atomic E-state index is 12.3. The minimum atomic E-state index is 0.0247. The molecule has 4 nitrogen and oxygen atoms in total.